The van der Waals surface area contributed by atoms with E-state index in [9.17, 15) is 9.59 Å². The van der Waals surface area contributed by atoms with Crippen molar-refractivity contribution >= 4 is 11.8 Å². The quantitative estimate of drug-likeness (QED) is 0.553. The highest BCUT2D eigenvalue weighted by Gasteiger charge is 2.30. The van der Waals surface area contributed by atoms with Gasteiger partial charge in [0, 0.05) is 26.6 Å². The molecule has 0 spiro atoms. The monoisotopic (exact) mass is 474 g/mol. The first-order valence-electron chi connectivity index (χ1n) is 12.1. The maximum Gasteiger partial charge on any atom is 0.287 e. The number of amides is 2. The van der Waals surface area contributed by atoms with Crippen LogP contribution in [0.5, 0.6) is 5.75 Å². The topological polar surface area (TPSA) is 81.0 Å². The summed E-state index contributed by atoms with van der Waals surface area (Å²) in [6.45, 7) is 3.74. The molecule has 0 unspecified atom stereocenters. The minimum Gasteiger partial charge on any atom is -0.486 e. The molecule has 0 radical (unpaired) electrons. The van der Waals surface area contributed by atoms with Crippen LogP contribution in [0.15, 0.2) is 65.1 Å². The normalized spacial score (nSPS) is 19.3. The molecule has 182 valence electrons. The second-order valence-corrected chi connectivity index (χ2v) is 9.04. The van der Waals surface area contributed by atoms with Gasteiger partial charge in [0.25, 0.3) is 5.91 Å². The zero-order chi connectivity index (χ0) is 24.2. The number of ether oxygens (including phenoxy) is 2. The Balaban J connectivity index is 1.27. The highest BCUT2D eigenvalue weighted by molar-refractivity contribution is 5.91. The molecule has 1 aromatic heterocycles. The Bertz CT molecular complexity index is 1180. The molecule has 3 aromatic rings. The van der Waals surface area contributed by atoms with Crippen molar-refractivity contribution in [3.63, 3.8) is 0 Å². The summed E-state index contributed by atoms with van der Waals surface area (Å²) in [5, 5.41) is 2.87. The Morgan fingerprint density at radius 3 is 2.74 bits per heavy atom. The van der Waals surface area contributed by atoms with Crippen LogP contribution in [0.4, 0.5) is 0 Å². The summed E-state index contributed by atoms with van der Waals surface area (Å²) >= 11 is 0. The lowest BCUT2D eigenvalue weighted by molar-refractivity contribution is -0.130. The third kappa shape index (κ3) is 5.25. The summed E-state index contributed by atoms with van der Waals surface area (Å²) in [5.41, 5.74) is 3.36. The molecule has 7 nitrogen and oxygen atoms in total. The zero-order valence-corrected chi connectivity index (χ0v) is 19.9. The number of rotatable bonds is 7. The fraction of sp³-hybridized carbons (Fsp3) is 0.357. The van der Waals surface area contributed by atoms with Gasteiger partial charge in [-0.1, -0.05) is 36.4 Å². The minimum atomic E-state index is -0.254. The lowest BCUT2D eigenvalue weighted by Gasteiger charge is -2.37. The third-order valence-corrected chi connectivity index (χ3v) is 6.65. The molecule has 2 aromatic carbocycles. The molecular weight excluding hydrogens is 444 g/mol. The summed E-state index contributed by atoms with van der Waals surface area (Å²) in [7, 11) is 0. The lowest BCUT2D eigenvalue weighted by Crippen LogP contribution is -2.39. The van der Waals surface area contributed by atoms with Crippen LogP contribution in [0.1, 0.15) is 58.8 Å². The summed E-state index contributed by atoms with van der Waals surface area (Å²) in [6, 6.07) is 19.4. The summed E-state index contributed by atoms with van der Waals surface area (Å²) in [5.74, 6) is 1.31. The van der Waals surface area contributed by atoms with E-state index < -0.39 is 0 Å². The SMILES string of the molecule is CC(=O)N1CCc2ccc(OCc3ccc(C(=O)NC[C@H]4CCCO4)o3)cc2[C@H]1c1ccccc1. The number of nitrogens with one attached hydrogen (secondary N) is 1. The van der Waals surface area contributed by atoms with Crippen LogP contribution in [-0.4, -0.2) is 42.5 Å². The molecule has 35 heavy (non-hydrogen) atoms. The predicted molar refractivity (Wildman–Crippen MR) is 130 cm³/mol. The average Bonchev–Trinajstić information content (AvgIpc) is 3.58. The summed E-state index contributed by atoms with van der Waals surface area (Å²) < 4.78 is 17.3. The van der Waals surface area contributed by atoms with E-state index in [1.807, 2.05) is 35.2 Å². The van der Waals surface area contributed by atoms with Gasteiger partial charge in [-0.2, -0.15) is 0 Å². The highest BCUT2D eigenvalue weighted by Crippen LogP contribution is 2.37. The van der Waals surface area contributed by atoms with Gasteiger partial charge in [0.2, 0.25) is 5.91 Å². The van der Waals surface area contributed by atoms with Gasteiger partial charge >= 0.3 is 0 Å². The molecular formula is C28H30N2O5. The van der Waals surface area contributed by atoms with Crippen LogP contribution in [0.25, 0.3) is 0 Å². The number of carbonyl (C=O) groups excluding carboxylic acids is 2. The van der Waals surface area contributed by atoms with Crippen LogP contribution in [0, 0.1) is 0 Å². The van der Waals surface area contributed by atoms with E-state index in [0.29, 0.717) is 24.6 Å². The maximum absolute atomic E-state index is 12.4. The van der Waals surface area contributed by atoms with Crippen molar-refractivity contribution in [2.24, 2.45) is 0 Å². The molecule has 3 heterocycles. The molecule has 2 amide bonds. The van der Waals surface area contributed by atoms with E-state index >= 15 is 0 Å². The molecule has 7 heteroatoms. The number of hydrogen-bond donors (Lipinski definition) is 1. The largest absolute Gasteiger partial charge is 0.486 e. The Morgan fingerprint density at radius 1 is 1.11 bits per heavy atom. The molecule has 5 rings (SSSR count). The van der Waals surface area contributed by atoms with Crippen molar-refractivity contribution in [2.75, 3.05) is 19.7 Å². The molecule has 1 fully saturated rings. The van der Waals surface area contributed by atoms with Crippen LogP contribution < -0.4 is 10.1 Å². The minimum absolute atomic E-state index is 0.0525. The number of furan rings is 1. The Morgan fingerprint density at radius 2 is 1.97 bits per heavy atom. The van der Waals surface area contributed by atoms with Gasteiger partial charge in [-0.05, 0) is 60.2 Å². The molecule has 2 aliphatic rings. The van der Waals surface area contributed by atoms with Gasteiger partial charge in [-0.25, -0.2) is 0 Å². The second-order valence-electron chi connectivity index (χ2n) is 9.04. The highest BCUT2D eigenvalue weighted by atomic mass is 16.5. The van der Waals surface area contributed by atoms with Crippen molar-refractivity contribution in [1.29, 1.82) is 0 Å². The van der Waals surface area contributed by atoms with Crippen molar-refractivity contribution in [3.05, 3.63) is 88.9 Å². The molecule has 1 N–H and O–H groups in total. The first-order chi connectivity index (χ1) is 17.1. The fourth-order valence-corrected chi connectivity index (χ4v) is 4.85. The van der Waals surface area contributed by atoms with E-state index in [4.69, 9.17) is 13.9 Å². The maximum atomic E-state index is 12.4. The Labute approximate surface area is 205 Å². The van der Waals surface area contributed by atoms with Gasteiger partial charge < -0.3 is 24.1 Å². The lowest BCUT2D eigenvalue weighted by atomic mass is 9.88. The molecule has 0 bridgehead atoms. The van der Waals surface area contributed by atoms with Crippen molar-refractivity contribution in [2.45, 2.75) is 44.9 Å². The van der Waals surface area contributed by atoms with E-state index in [0.717, 1.165) is 37.0 Å². The van der Waals surface area contributed by atoms with Gasteiger partial charge in [-0.15, -0.1) is 0 Å². The standard InChI is InChI=1S/C28H30N2O5/c1-19(31)30-14-13-20-9-10-22(16-25(20)27(30)21-6-3-2-4-7-21)34-18-24-11-12-26(35-24)28(32)29-17-23-8-5-15-33-23/h2-4,6-7,9-12,16,23,27H,5,8,13-15,17-18H2,1H3,(H,29,32)/t23-,27-/m1/s1. The van der Waals surface area contributed by atoms with Crippen molar-refractivity contribution in [1.82, 2.24) is 10.2 Å². The van der Waals surface area contributed by atoms with Crippen molar-refractivity contribution < 1.29 is 23.5 Å². The summed E-state index contributed by atoms with van der Waals surface area (Å²) in [4.78, 5) is 26.7. The second kappa shape index (κ2) is 10.4. The van der Waals surface area contributed by atoms with Gasteiger partial charge in [0.05, 0.1) is 12.1 Å². The molecule has 1 saturated heterocycles. The molecule has 0 aliphatic carbocycles. The average molecular weight is 475 g/mol. The third-order valence-electron chi connectivity index (χ3n) is 6.65. The molecule has 0 saturated carbocycles. The number of nitrogens with zero attached hydrogens (tertiary/aromatic N) is 1. The number of benzene rings is 2. The molecule has 2 atom stereocenters. The van der Waals surface area contributed by atoms with Gasteiger partial charge in [-0.3, -0.25) is 9.59 Å². The smallest absolute Gasteiger partial charge is 0.287 e. The molecule has 2 aliphatic heterocycles. The number of carbonyl (C=O) groups is 2. The van der Waals surface area contributed by atoms with Crippen LogP contribution in [0.3, 0.4) is 0 Å². The Hall–Kier alpha value is -3.58. The fourth-order valence-electron chi connectivity index (χ4n) is 4.85. The van der Waals surface area contributed by atoms with E-state index in [1.165, 1.54) is 5.56 Å². The van der Waals surface area contributed by atoms with E-state index in [2.05, 4.69) is 23.5 Å². The van der Waals surface area contributed by atoms with Crippen LogP contribution in [0.2, 0.25) is 0 Å². The van der Waals surface area contributed by atoms with Crippen LogP contribution >= 0.6 is 0 Å². The Kier molecular flexibility index (Phi) is 6.86. The first-order valence-corrected chi connectivity index (χ1v) is 12.1. The van der Waals surface area contributed by atoms with Gasteiger partial charge in [0.15, 0.2) is 5.76 Å². The number of hydrogen-bond acceptors (Lipinski definition) is 5. The van der Waals surface area contributed by atoms with E-state index in [-0.39, 0.29) is 36.3 Å². The van der Waals surface area contributed by atoms with Crippen molar-refractivity contribution in [3.8, 4) is 5.75 Å². The first kappa shape index (κ1) is 23.2. The number of fused-ring (bicyclic) bond motifs is 1. The van der Waals surface area contributed by atoms with Crippen LogP contribution in [-0.2, 0) is 22.6 Å². The van der Waals surface area contributed by atoms with Gasteiger partial charge in [0.1, 0.15) is 18.1 Å². The van der Waals surface area contributed by atoms with E-state index in [1.54, 1.807) is 19.1 Å². The zero-order valence-electron chi connectivity index (χ0n) is 19.9. The summed E-state index contributed by atoms with van der Waals surface area (Å²) in [6.07, 6.45) is 2.89. The predicted octanol–water partition coefficient (Wildman–Crippen LogP) is 4.26.